The lowest BCUT2D eigenvalue weighted by molar-refractivity contribution is -0.158. The van der Waals surface area contributed by atoms with Crippen molar-refractivity contribution in [2.75, 3.05) is 38.1 Å². The zero-order valence-corrected chi connectivity index (χ0v) is 27.3. The number of benzene rings is 1. The van der Waals surface area contributed by atoms with Crippen molar-refractivity contribution in [2.24, 2.45) is 11.8 Å². The second-order valence-corrected chi connectivity index (χ2v) is 13.7. The van der Waals surface area contributed by atoms with Gasteiger partial charge in [-0.15, -0.1) is 0 Å². The Balaban J connectivity index is 1.54. The highest BCUT2D eigenvalue weighted by Crippen LogP contribution is 2.33. The SMILES string of the molecule is CCOC(=O)[C@H](CC(=O)OC(C)(C)C)Nc1ccc(C(=O)N2CCC(C3CCN(C(=O)OC(C)(C)C)CC3)CC2)cc1C. The van der Waals surface area contributed by atoms with Gasteiger partial charge in [0.05, 0.1) is 13.0 Å². The van der Waals surface area contributed by atoms with Crippen molar-refractivity contribution in [3.05, 3.63) is 29.3 Å². The fourth-order valence-electron chi connectivity index (χ4n) is 5.77. The quantitative estimate of drug-likeness (QED) is 0.304. The number of nitrogens with zero attached hydrogens (tertiary/aromatic N) is 2. The summed E-state index contributed by atoms with van der Waals surface area (Å²) in [5.74, 6) is 0.0498. The van der Waals surface area contributed by atoms with Gasteiger partial charge in [-0.1, -0.05) is 0 Å². The van der Waals surface area contributed by atoms with Crippen LogP contribution in [0.4, 0.5) is 10.5 Å². The molecule has 1 N–H and O–H groups in total. The molecule has 2 heterocycles. The van der Waals surface area contributed by atoms with Crippen LogP contribution in [0.1, 0.15) is 96.5 Å². The molecule has 2 amide bonds. The molecule has 0 spiro atoms. The maximum atomic E-state index is 13.4. The minimum absolute atomic E-state index is 0.0106. The van der Waals surface area contributed by atoms with Crippen LogP contribution in [0.15, 0.2) is 18.2 Å². The Morgan fingerprint density at radius 2 is 1.40 bits per heavy atom. The summed E-state index contributed by atoms with van der Waals surface area (Å²) >= 11 is 0. The van der Waals surface area contributed by atoms with Crippen molar-refractivity contribution < 1.29 is 33.4 Å². The molecule has 2 fully saturated rings. The van der Waals surface area contributed by atoms with Gasteiger partial charge in [0.1, 0.15) is 17.2 Å². The second kappa shape index (κ2) is 14.4. The van der Waals surface area contributed by atoms with Gasteiger partial charge in [-0.25, -0.2) is 9.59 Å². The summed E-state index contributed by atoms with van der Waals surface area (Å²) in [5, 5.41) is 3.12. The van der Waals surface area contributed by atoms with E-state index in [2.05, 4.69) is 5.32 Å². The number of hydrogen-bond acceptors (Lipinski definition) is 8. The lowest BCUT2D eigenvalue weighted by Gasteiger charge is -2.40. The number of esters is 2. The van der Waals surface area contributed by atoms with E-state index in [1.165, 1.54) is 0 Å². The number of carbonyl (C=O) groups is 4. The first-order chi connectivity index (χ1) is 20.1. The number of carbonyl (C=O) groups excluding carboxylic acids is 4. The number of anilines is 1. The smallest absolute Gasteiger partial charge is 0.410 e. The molecule has 1 aromatic carbocycles. The monoisotopic (exact) mass is 601 g/mol. The first-order valence-electron chi connectivity index (χ1n) is 15.6. The van der Waals surface area contributed by atoms with Gasteiger partial charge < -0.3 is 29.3 Å². The lowest BCUT2D eigenvalue weighted by atomic mass is 9.79. The van der Waals surface area contributed by atoms with E-state index in [0.29, 0.717) is 49.3 Å². The summed E-state index contributed by atoms with van der Waals surface area (Å²) in [5.41, 5.74) is 0.870. The predicted molar refractivity (Wildman–Crippen MR) is 165 cm³/mol. The first kappa shape index (κ1) is 34.2. The predicted octanol–water partition coefficient (Wildman–Crippen LogP) is 5.57. The molecule has 10 nitrogen and oxygen atoms in total. The molecule has 10 heteroatoms. The zero-order valence-electron chi connectivity index (χ0n) is 27.3. The van der Waals surface area contributed by atoms with Gasteiger partial charge in [-0.05, 0) is 117 Å². The summed E-state index contributed by atoms with van der Waals surface area (Å²) in [6.07, 6.45) is 3.42. The van der Waals surface area contributed by atoms with E-state index in [1.54, 1.807) is 39.8 Å². The molecule has 2 aliphatic rings. The fraction of sp³-hybridized carbons (Fsp3) is 0.697. The molecular formula is C33H51N3O7. The van der Waals surface area contributed by atoms with Crippen LogP contribution in [-0.2, 0) is 23.8 Å². The third-order valence-corrected chi connectivity index (χ3v) is 7.85. The third kappa shape index (κ3) is 10.4. The molecule has 0 saturated carbocycles. The van der Waals surface area contributed by atoms with Gasteiger partial charge >= 0.3 is 18.0 Å². The molecule has 43 heavy (non-hydrogen) atoms. The summed E-state index contributed by atoms with van der Waals surface area (Å²) in [7, 11) is 0. The van der Waals surface area contributed by atoms with Crippen LogP contribution in [0.25, 0.3) is 0 Å². The first-order valence-corrected chi connectivity index (χ1v) is 15.6. The number of likely N-dealkylation sites (tertiary alicyclic amines) is 2. The minimum Gasteiger partial charge on any atom is -0.464 e. The molecule has 1 atom stereocenters. The van der Waals surface area contributed by atoms with Crippen LogP contribution >= 0.6 is 0 Å². The van der Waals surface area contributed by atoms with Gasteiger partial charge in [0.15, 0.2) is 0 Å². The van der Waals surface area contributed by atoms with Crippen molar-refractivity contribution in [2.45, 2.75) is 105 Å². The fourth-order valence-corrected chi connectivity index (χ4v) is 5.77. The third-order valence-electron chi connectivity index (χ3n) is 7.85. The molecule has 3 rings (SSSR count). The summed E-state index contributed by atoms with van der Waals surface area (Å²) < 4.78 is 16.1. The van der Waals surface area contributed by atoms with Crippen LogP contribution in [-0.4, -0.2) is 83.8 Å². The number of aryl methyl sites for hydroxylation is 1. The topological polar surface area (TPSA) is 114 Å². The summed E-state index contributed by atoms with van der Waals surface area (Å²) in [6.45, 7) is 17.6. The molecule has 1 aromatic rings. The zero-order chi connectivity index (χ0) is 31.9. The summed E-state index contributed by atoms with van der Waals surface area (Å²) in [6, 6.07) is 4.44. The number of ether oxygens (including phenoxy) is 3. The number of nitrogens with one attached hydrogen (secondary N) is 1. The molecule has 0 radical (unpaired) electrons. The van der Waals surface area contributed by atoms with Crippen LogP contribution < -0.4 is 5.32 Å². The van der Waals surface area contributed by atoms with Crippen molar-refractivity contribution in [1.82, 2.24) is 9.80 Å². The highest BCUT2D eigenvalue weighted by atomic mass is 16.6. The average Bonchev–Trinajstić information content (AvgIpc) is 2.91. The van der Waals surface area contributed by atoms with Gasteiger partial charge in [0.25, 0.3) is 5.91 Å². The van der Waals surface area contributed by atoms with Gasteiger partial charge in [0.2, 0.25) is 0 Å². The van der Waals surface area contributed by atoms with Crippen molar-refractivity contribution in [3.8, 4) is 0 Å². The van der Waals surface area contributed by atoms with E-state index in [9.17, 15) is 19.2 Å². The Bertz CT molecular complexity index is 1140. The second-order valence-electron chi connectivity index (χ2n) is 13.7. The largest absolute Gasteiger partial charge is 0.464 e. The molecule has 0 unspecified atom stereocenters. The lowest BCUT2D eigenvalue weighted by Crippen LogP contribution is -2.45. The van der Waals surface area contributed by atoms with Crippen LogP contribution in [0.3, 0.4) is 0 Å². The molecule has 0 aliphatic carbocycles. The molecular weight excluding hydrogens is 550 g/mol. The molecule has 0 aromatic heterocycles. The van der Waals surface area contributed by atoms with E-state index in [0.717, 1.165) is 31.2 Å². The number of amides is 2. The Kier molecular flexibility index (Phi) is 11.5. The van der Waals surface area contributed by atoms with E-state index in [1.807, 2.05) is 43.6 Å². The molecule has 2 aliphatic heterocycles. The minimum atomic E-state index is -0.912. The number of piperidine rings is 2. The molecule has 0 bridgehead atoms. The van der Waals surface area contributed by atoms with Crippen molar-refractivity contribution >= 4 is 29.6 Å². The van der Waals surface area contributed by atoms with E-state index >= 15 is 0 Å². The van der Waals surface area contributed by atoms with Gasteiger partial charge in [-0.3, -0.25) is 9.59 Å². The summed E-state index contributed by atoms with van der Waals surface area (Å²) in [4.78, 5) is 54.6. The highest BCUT2D eigenvalue weighted by Gasteiger charge is 2.34. The highest BCUT2D eigenvalue weighted by molar-refractivity contribution is 5.95. The van der Waals surface area contributed by atoms with Crippen molar-refractivity contribution in [3.63, 3.8) is 0 Å². The maximum absolute atomic E-state index is 13.4. The average molecular weight is 602 g/mol. The maximum Gasteiger partial charge on any atom is 0.410 e. The van der Waals surface area contributed by atoms with Crippen LogP contribution in [0.2, 0.25) is 0 Å². The standard InChI is InChI=1S/C33H51N3O7/c1-9-41-30(39)27(21-28(37)42-32(3,4)5)34-26-11-10-25(20-22(26)2)29(38)35-16-12-23(13-17-35)24-14-18-36(19-15-24)31(40)43-33(6,7)8/h10-11,20,23-24,27,34H,9,12-19,21H2,1-8H3/t27-/m0/s1. The van der Waals surface area contributed by atoms with Gasteiger partial charge in [-0.2, -0.15) is 0 Å². The molecule has 2 saturated heterocycles. The van der Waals surface area contributed by atoms with Crippen molar-refractivity contribution in [1.29, 1.82) is 0 Å². The van der Waals surface area contributed by atoms with E-state index in [4.69, 9.17) is 14.2 Å². The number of rotatable bonds is 8. The normalized spacial score (nSPS) is 17.7. The Labute approximate surface area is 256 Å². The van der Waals surface area contributed by atoms with Crippen LogP contribution in [0, 0.1) is 18.8 Å². The Morgan fingerprint density at radius 1 is 0.860 bits per heavy atom. The number of hydrogen-bond donors (Lipinski definition) is 1. The van der Waals surface area contributed by atoms with Gasteiger partial charge in [0, 0.05) is 37.4 Å². The van der Waals surface area contributed by atoms with E-state index in [-0.39, 0.29) is 25.0 Å². The van der Waals surface area contributed by atoms with Crippen LogP contribution in [0.5, 0.6) is 0 Å². The Morgan fingerprint density at radius 3 is 1.88 bits per heavy atom. The Hall–Kier alpha value is -3.30. The van der Waals surface area contributed by atoms with E-state index < -0.39 is 29.2 Å². The molecule has 240 valence electrons.